The molecule has 87 valence electrons. The molecule has 2 aromatic carbocycles. The van der Waals surface area contributed by atoms with Crippen LogP contribution in [0, 0.1) is 13.0 Å². The van der Waals surface area contributed by atoms with E-state index in [0.717, 1.165) is 16.9 Å². The highest BCUT2D eigenvalue weighted by atomic mass is 32.2. The summed E-state index contributed by atoms with van der Waals surface area (Å²) in [6.45, 7) is 2.06. The Morgan fingerprint density at radius 3 is 2.41 bits per heavy atom. The van der Waals surface area contributed by atoms with E-state index in [-0.39, 0.29) is 0 Å². The van der Waals surface area contributed by atoms with Crippen LogP contribution in [0.15, 0.2) is 41.3 Å². The first kappa shape index (κ1) is 12.1. The lowest BCUT2D eigenvalue weighted by Gasteiger charge is -2.10. The fraction of sp³-hybridized carbons (Fsp3) is 0.200. The van der Waals surface area contributed by atoms with Crippen LogP contribution in [0.2, 0.25) is 0 Å². The molecule has 0 aliphatic carbocycles. The van der Waals surface area contributed by atoms with Crippen molar-refractivity contribution >= 4 is 11.8 Å². The van der Waals surface area contributed by atoms with Crippen molar-refractivity contribution in [1.29, 1.82) is 0 Å². The van der Waals surface area contributed by atoms with Crippen molar-refractivity contribution in [3.8, 4) is 16.9 Å². The van der Waals surface area contributed by atoms with Crippen LogP contribution >= 0.6 is 11.8 Å². The smallest absolute Gasteiger partial charge is 0.122 e. The lowest BCUT2D eigenvalue weighted by atomic mass is 10.00. The Morgan fingerprint density at radius 2 is 1.82 bits per heavy atom. The fourth-order valence-corrected chi connectivity index (χ4v) is 2.24. The largest absolute Gasteiger partial charge is 0.496 e. The Balaban J connectivity index is 2.45. The summed E-state index contributed by atoms with van der Waals surface area (Å²) in [5.41, 5.74) is 3.42. The summed E-state index contributed by atoms with van der Waals surface area (Å²) in [4.78, 5) is 1.27. The van der Waals surface area contributed by atoms with Gasteiger partial charge in [0.25, 0.3) is 0 Å². The standard InChI is InChI=1S/C15H15OS/c1-11-14(5-4-6-15(11)16-2)12-7-9-13(17-3)10-8-12/h4,6-10H,1-3H3. The zero-order chi connectivity index (χ0) is 12.3. The van der Waals surface area contributed by atoms with Gasteiger partial charge in [-0.15, -0.1) is 11.8 Å². The molecule has 0 heterocycles. The average molecular weight is 243 g/mol. The van der Waals surface area contributed by atoms with E-state index in [1.165, 1.54) is 10.5 Å². The molecular formula is C15H15OS. The van der Waals surface area contributed by atoms with Gasteiger partial charge in [-0.3, -0.25) is 0 Å². The van der Waals surface area contributed by atoms with Gasteiger partial charge in [-0.2, -0.15) is 0 Å². The van der Waals surface area contributed by atoms with Crippen LogP contribution in [0.4, 0.5) is 0 Å². The maximum atomic E-state index is 5.33. The maximum Gasteiger partial charge on any atom is 0.122 e. The molecule has 0 aromatic heterocycles. The second-order valence-electron chi connectivity index (χ2n) is 3.77. The van der Waals surface area contributed by atoms with E-state index < -0.39 is 0 Å². The van der Waals surface area contributed by atoms with Gasteiger partial charge in [0, 0.05) is 4.90 Å². The van der Waals surface area contributed by atoms with E-state index >= 15 is 0 Å². The predicted molar refractivity (Wildman–Crippen MR) is 73.8 cm³/mol. The molecule has 17 heavy (non-hydrogen) atoms. The summed E-state index contributed by atoms with van der Waals surface area (Å²) in [6.07, 6.45) is 2.08. The molecule has 2 aromatic rings. The summed E-state index contributed by atoms with van der Waals surface area (Å²) in [5.74, 6) is 0.910. The molecule has 0 amide bonds. The number of thioether (sulfide) groups is 1. The zero-order valence-electron chi connectivity index (χ0n) is 10.3. The Morgan fingerprint density at radius 1 is 1.12 bits per heavy atom. The SMILES string of the molecule is COc1cc[c]c(-c2ccc(SC)cc2)c1C. The monoisotopic (exact) mass is 243 g/mol. The lowest BCUT2D eigenvalue weighted by Crippen LogP contribution is -1.90. The number of benzene rings is 2. The molecule has 1 radical (unpaired) electrons. The summed E-state index contributed by atoms with van der Waals surface area (Å²) in [7, 11) is 1.70. The maximum absolute atomic E-state index is 5.33. The van der Waals surface area contributed by atoms with Crippen LogP contribution < -0.4 is 4.74 Å². The van der Waals surface area contributed by atoms with Crippen molar-refractivity contribution in [3.63, 3.8) is 0 Å². The number of hydrogen-bond acceptors (Lipinski definition) is 2. The number of rotatable bonds is 3. The lowest BCUT2D eigenvalue weighted by molar-refractivity contribution is 0.412. The van der Waals surface area contributed by atoms with Gasteiger partial charge < -0.3 is 4.74 Å². The minimum atomic E-state index is 0.910. The van der Waals surface area contributed by atoms with E-state index in [1.54, 1.807) is 18.9 Å². The molecule has 0 spiro atoms. The highest BCUT2D eigenvalue weighted by molar-refractivity contribution is 7.98. The Hall–Kier alpha value is -1.41. The molecule has 0 aliphatic rings. The highest BCUT2D eigenvalue weighted by Gasteiger charge is 2.06. The average Bonchev–Trinajstić information content (AvgIpc) is 2.39. The predicted octanol–water partition coefficient (Wildman–Crippen LogP) is 4.19. The van der Waals surface area contributed by atoms with Crippen molar-refractivity contribution in [2.75, 3.05) is 13.4 Å². The second kappa shape index (κ2) is 5.28. The third-order valence-corrected chi connectivity index (χ3v) is 3.55. The van der Waals surface area contributed by atoms with Crippen LogP contribution in [0.3, 0.4) is 0 Å². The van der Waals surface area contributed by atoms with E-state index in [0.29, 0.717) is 0 Å². The normalized spacial score (nSPS) is 10.3. The first-order chi connectivity index (χ1) is 8.26. The molecule has 0 bridgehead atoms. The van der Waals surface area contributed by atoms with Crippen molar-refractivity contribution in [1.82, 2.24) is 0 Å². The van der Waals surface area contributed by atoms with Gasteiger partial charge in [0.15, 0.2) is 0 Å². The quantitative estimate of drug-likeness (QED) is 0.747. The Bertz CT molecular complexity index is 503. The minimum Gasteiger partial charge on any atom is -0.496 e. The van der Waals surface area contributed by atoms with Crippen molar-refractivity contribution < 1.29 is 4.74 Å². The molecule has 0 saturated carbocycles. The third kappa shape index (κ3) is 2.47. The number of hydrogen-bond donors (Lipinski definition) is 0. The van der Waals surface area contributed by atoms with Gasteiger partial charge in [0.2, 0.25) is 0 Å². The topological polar surface area (TPSA) is 9.23 Å². The van der Waals surface area contributed by atoms with Gasteiger partial charge in [-0.25, -0.2) is 0 Å². The van der Waals surface area contributed by atoms with Crippen LogP contribution in [-0.2, 0) is 0 Å². The summed E-state index contributed by atoms with van der Waals surface area (Å²) >= 11 is 1.75. The Labute approximate surface area is 107 Å². The molecule has 0 saturated heterocycles. The molecule has 1 nitrogen and oxygen atoms in total. The van der Waals surface area contributed by atoms with Gasteiger partial charge in [-0.05, 0) is 54.1 Å². The molecule has 0 fully saturated rings. The molecule has 2 heteroatoms. The highest BCUT2D eigenvalue weighted by Crippen LogP contribution is 2.30. The van der Waals surface area contributed by atoms with Crippen molar-refractivity contribution in [3.05, 3.63) is 48.0 Å². The molecule has 0 unspecified atom stereocenters. The van der Waals surface area contributed by atoms with Crippen LogP contribution in [0.5, 0.6) is 5.75 Å². The Kier molecular flexibility index (Phi) is 3.75. The molecule has 0 N–H and O–H groups in total. The first-order valence-corrected chi connectivity index (χ1v) is 6.68. The van der Waals surface area contributed by atoms with Gasteiger partial charge in [0.1, 0.15) is 5.75 Å². The van der Waals surface area contributed by atoms with Crippen molar-refractivity contribution in [2.45, 2.75) is 11.8 Å². The van der Waals surface area contributed by atoms with Crippen LogP contribution in [0.1, 0.15) is 5.56 Å². The summed E-state index contributed by atoms with van der Waals surface area (Å²) < 4.78 is 5.33. The van der Waals surface area contributed by atoms with E-state index in [9.17, 15) is 0 Å². The van der Waals surface area contributed by atoms with Crippen molar-refractivity contribution in [2.24, 2.45) is 0 Å². The minimum absolute atomic E-state index is 0.910. The first-order valence-electron chi connectivity index (χ1n) is 5.46. The van der Waals surface area contributed by atoms with Crippen LogP contribution in [-0.4, -0.2) is 13.4 Å². The molecule has 0 aliphatic heterocycles. The van der Waals surface area contributed by atoms with E-state index in [2.05, 4.69) is 43.5 Å². The summed E-state index contributed by atoms with van der Waals surface area (Å²) in [5, 5.41) is 0. The number of ether oxygens (including phenoxy) is 1. The van der Waals surface area contributed by atoms with E-state index in [4.69, 9.17) is 4.74 Å². The van der Waals surface area contributed by atoms with Gasteiger partial charge >= 0.3 is 0 Å². The van der Waals surface area contributed by atoms with Gasteiger partial charge in [0.05, 0.1) is 7.11 Å². The van der Waals surface area contributed by atoms with Crippen LogP contribution in [0.25, 0.3) is 11.1 Å². The van der Waals surface area contributed by atoms with Gasteiger partial charge in [-0.1, -0.05) is 18.2 Å². The summed E-state index contributed by atoms with van der Waals surface area (Å²) in [6, 6.07) is 15.6. The molecular weight excluding hydrogens is 228 g/mol. The second-order valence-corrected chi connectivity index (χ2v) is 4.65. The fourth-order valence-electron chi connectivity index (χ4n) is 1.84. The molecule has 0 atom stereocenters. The molecule has 2 rings (SSSR count). The van der Waals surface area contributed by atoms with E-state index in [1.807, 2.05) is 12.1 Å². The number of methoxy groups -OCH3 is 1. The zero-order valence-corrected chi connectivity index (χ0v) is 11.1. The third-order valence-electron chi connectivity index (χ3n) is 2.81.